The van der Waals surface area contributed by atoms with Crippen molar-refractivity contribution in [1.82, 2.24) is 10.4 Å². The summed E-state index contributed by atoms with van der Waals surface area (Å²) in [4.78, 5) is 25.9. The summed E-state index contributed by atoms with van der Waals surface area (Å²) in [6, 6.07) is 20.4. The lowest BCUT2D eigenvalue weighted by Gasteiger charge is -2.16. The third-order valence-corrected chi connectivity index (χ3v) is 7.03. The van der Waals surface area contributed by atoms with Crippen LogP contribution in [0.3, 0.4) is 0 Å². The van der Waals surface area contributed by atoms with E-state index in [1.54, 1.807) is 30.3 Å². The van der Waals surface area contributed by atoms with Crippen LogP contribution in [0.2, 0.25) is 0 Å². The van der Waals surface area contributed by atoms with Gasteiger partial charge in [-0.25, -0.2) is 0 Å². The first-order valence-corrected chi connectivity index (χ1v) is 13.2. The summed E-state index contributed by atoms with van der Waals surface area (Å²) in [6.07, 6.45) is 1.71. The molecule has 1 saturated heterocycles. The van der Waals surface area contributed by atoms with Crippen LogP contribution < -0.4 is 14.9 Å². The molecule has 0 aliphatic carbocycles. The first kappa shape index (κ1) is 25.9. The Bertz CT molecular complexity index is 1340. The molecule has 0 bridgehead atoms. The van der Waals surface area contributed by atoms with Crippen LogP contribution in [0.15, 0.2) is 76.1 Å². The van der Waals surface area contributed by atoms with Gasteiger partial charge in [0.1, 0.15) is 6.61 Å². The highest BCUT2D eigenvalue weighted by atomic mass is 79.9. The molecule has 3 aromatic carbocycles. The van der Waals surface area contributed by atoms with Crippen LogP contribution in [-0.4, -0.2) is 27.8 Å². The lowest BCUT2D eigenvalue weighted by Crippen LogP contribution is -2.44. The zero-order valence-corrected chi connectivity index (χ0v) is 22.8. The molecule has 9 heteroatoms. The molecule has 1 aliphatic rings. The van der Waals surface area contributed by atoms with Crippen LogP contribution in [-0.2, 0) is 11.4 Å². The summed E-state index contributed by atoms with van der Waals surface area (Å²) in [6.45, 7) is 4.77. The quantitative estimate of drug-likeness (QED) is 0.249. The molecule has 184 valence electrons. The highest BCUT2D eigenvalue weighted by Crippen LogP contribution is 2.39. The molecule has 0 aromatic heterocycles. The number of carbonyl (C=O) groups excluding carboxylic acids is 2. The van der Waals surface area contributed by atoms with Gasteiger partial charge in [0.15, 0.2) is 15.8 Å². The number of hydrazine groups is 1. The van der Waals surface area contributed by atoms with Gasteiger partial charge in [0.25, 0.3) is 11.8 Å². The monoisotopic (exact) mass is 582 g/mol. The van der Waals surface area contributed by atoms with Gasteiger partial charge in [-0.2, -0.15) is 5.01 Å². The Balaban J connectivity index is 1.53. The average Bonchev–Trinajstić information content (AvgIpc) is 3.11. The average molecular weight is 584 g/mol. The van der Waals surface area contributed by atoms with Crippen LogP contribution in [0, 0.1) is 6.92 Å². The molecular formula is C27H23BrN2O4S2. The van der Waals surface area contributed by atoms with E-state index in [1.807, 2.05) is 50.2 Å². The molecule has 0 atom stereocenters. The van der Waals surface area contributed by atoms with Gasteiger partial charge >= 0.3 is 0 Å². The molecule has 1 N–H and O–H groups in total. The minimum absolute atomic E-state index is 0.248. The third-order valence-electron chi connectivity index (χ3n) is 5.14. The fourth-order valence-electron chi connectivity index (χ4n) is 3.50. The number of amides is 2. The largest absolute Gasteiger partial charge is 0.490 e. The summed E-state index contributed by atoms with van der Waals surface area (Å²) < 4.78 is 12.9. The number of nitrogens with one attached hydrogen (secondary N) is 1. The van der Waals surface area contributed by atoms with Crippen molar-refractivity contribution in [3.63, 3.8) is 0 Å². The van der Waals surface area contributed by atoms with Crippen molar-refractivity contribution in [2.24, 2.45) is 0 Å². The lowest BCUT2D eigenvalue weighted by atomic mass is 10.1. The predicted molar refractivity (Wildman–Crippen MR) is 150 cm³/mol. The second kappa shape index (κ2) is 11.7. The Kier molecular flexibility index (Phi) is 8.45. The Hall–Kier alpha value is -3.14. The van der Waals surface area contributed by atoms with Crippen LogP contribution in [0.4, 0.5) is 0 Å². The van der Waals surface area contributed by atoms with Gasteiger partial charge in [0.05, 0.1) is 16.0 Å². The van der Waals surface area contributed by atoms with E-state index in [9.17, 15) is 9.59 Å². The summed E-state index contributed by atoms with van der Waals surface area (Å²) >= 11 is 10.0. The molecule has 0 saturated carbocycles. The van der Waals surface area contributed by atoms with Crippen LogP contribution in [0.5, 0.6) is 11.5 Å². The number of carbonyl (C=O) groups is 2. The van der Waals surface area contributed by atoms with Crippen LogP contribution in [0.1, 0.15) is 34.0 Å². The first-order valence-electron chi connectivity index (χ1n) is 11.1. The van der Waals surface area contributed by atoms with Crippen molar-refractivity contribution in [1.29, 1.82) is 0 Å². The standard InChI is InChI=1S/C27H23BrN2O4S2/c1-3-33-22-14-19(13-21(28)24(22)34-16-18-9-7-8-17(2)12-18)15-23-26(32)30(27(35)36-23)29-25(31)20-10-5-4-6-11-20/h4-15H,3,16H2,1-2H3,(H,29,31)/b23-15+. The number of hydrogen-bond acceptors (Lipinski definition) is 6. The molecule has 6 nitrogen and oxygen atoms in total. The highest BCUT2D eigenvalue weighted by molar-refractivity contribution is 9.10. The fraction of sp³-hybridized carbons (Fsp3) is 0.148. The van der Waals surface area contributed by atoms with Crippen molar-refractivity contribution in [3.8, 4) is 11.5 Å². The Morgan fingerprint density at radius 2 is 1.89 bits per heavy atom. The number of ether oxygens (including phenoxy) is 2. The Morgan fingerprint density at radius 3 is 2.61 bits per heavy atom. The maximum absolute atomic E-state index is 13.0. The van der Waals surface area contributed by atoms with Gasteiger partial charge in [-0.15, -0.1) is 0 Å². The van der Waals surface area contributed by atoms with Crippen LogP contribution in [0.25, 0.3) is 6.08 Å². The summed E-state index contributed by atoms with van der Waals surface area (Å²) in [5, 5.41) is 1.10. The smallest absolute Gasteiger partial charge is 0.285 e. The number of thiocarbonyl (C=S) groups is 1. The summed E-state index contributed by atoms with van der Waals surface area (Å²) in [7, 11) is 0. The molecule has 0 spiro atoms. The second-order valence-electron chi connectivity index (χ2n) is 7.86. The van der Waals surface area contributed by atoms with E-state index in [1.165, 1.54) is 0 Å². The normalized spacial score (nSPS) is 14.3. The minimum atomic E-state index is -0.412. The molecule has 1 fully saturated rings. The Labute approximate surface area is 227 Å². The van der Waals surface area contributed by atoms with Gasteiger partial charge in [-0.3, -0.25) is 15.0 Å². The number of aryl methyl sites for hydroxylation is 1. The maximum atomic E-state index is 13.0. The van der Waals surface area contributed by atoms with Crippen LogP contribution >= 0.6 is 39.9 Å². The van der Waals surface area contributed by atoms with E-state index < -0.39 is 11.8 Å². The van der Waals surface area contributed by atoms with Crippen molar-refractivity contribution in [2.75, 3.05) is 6.61 Å². The van der Waals surface area contributed by atoms with Gasteiger partial charge < -0.3 is 9.47 Å². The van der Waals surface area contributed by atoms with Crippen molar-refractivity contribution in [2.45, 2.75) is 20.5 Å². The Morgan fingerprint density at radius 1 is 1.11 bits per heavy atom. The molecular weight excluding hydrogens is 560 g/mol. The van der Waals surface area contributed by atoms with Crippen molar-refractivity contribution < 1.29 is 19.1 Å². The number of hydrogen-bond donors (Lipinski definition) is 1. The zero-order chi connectivity index (χ0) is 25.7. The van der Waals surface area contributed by atoms with Gasteiger partial charge in [-0.1, -0.05) is 59.8 Å². The maximum Gasteiger partial charge on any atom is 0.285 e. The molecule has 0 unspecified atom stereocenters. The molecule has 2 amide bonds. The molecule has 0 radical (unpaired) electrons. The number of benzene rings is 3. The highest BCUT2D eigenvalue weighted by Gasteiger charge is 2.34. The van der Waals surface area contributed by atoms with E-state index in [-0.39, 0.29) is 4.32 Å². The number of nitrogens with zero attached hydrogens (tertiary/aromatic N) is 1. The predicted octanol–water partition coefficient (Wildman–Crippen LogP) is 6.28. The molecule has 1 heterocycles. The van der Waals surface area contributed by atoms with E-state index in [2.05, 4.69) is 27.4 Å². The third kappa shape index (κ3) is 6.16. The van der Waals surface area contributed by atoms with E-state index in [0.29, 0.717) is 39.7 Å². The SMILES string of the molecule is CCOc1cc(/C=C2/SC(=S)N(NC(=O)c3ccccc3)C2=O)cc(Br)c1OCc1cccc(C)c1. The van der Waals surface area contributed by atoms with Crippen molar-refractivity contribution in [3.05, 3.63) is 98.4 Å². The number of thioether (sulfide) groups is 1. The van der Waals surface area contributed by atoms with Gasteiger partial charge in [0.2, 0.25) is 0 Å². The lowest BCUT2D eigenvalue weighted by molar-refractivity contribution is -0.123. The topological polar surface area (TPSA) is 67.9 Å². The summed E-state index contributed by atoms with van der Waals surface area (Å²) in [5.74, 6) is 0.324. The van der Waals surface area contributed by atoms with E-state index in [0.717, 1.165) is 33.5 Å². The van der Waals surface area contributed by atoms with E-state index >= 15 is 0 Å². The molecule has 3 aromatic rings. The van der Waals surface area contributed by atoms with Gasteiger partial charge in [0, 0.05) is 5.56 Å². The summed E-state index contributed by atoms with van der Waals surface area (Å²) in [5.41, 5.74) is 5.96. The van der Waals surface area contributed by atoms with Gasteiger partial charge in [-0.05, 0) is 83.5 Å². The second-order valence-corrected chi connectivity index (χ2v) is 10.4. The zero-order valence-electron chi connectivity index (χ0n) is 19.6. The molecule has 36 heavy (non-hydrogen) atoms. The first-order chi connectivity index (χ1) is 17.4. The number of halogens is 1. The molecule has 4 rings (SSSR count). The minimum Gasteiger partial charge on any atom is -0.490 e. The van der Waals surface area contributed by atoms with Crippen molar-refractivity contribution >= 4 is 62.1 Å². The van der Waals surface area contributed by atoms with E-state index in [4.69, 9.17) is 21.7 Å². The number of rotatable bonds is 8. The fourth-order valence-corrected chi connectivity index (χ4v) is 5.26. The molecule has 1 aliphatic heterocycles.